The minimum atomic E-state index is -0.153. The molecule has 0 fully saturated rings. The maximum absolute atomic E-state index is 13.3. The van der Waals surface area contributed by atoms with Gasteiger partial charge in [0.1, 0.15) is 5.82 Å². The number of halogens is 1. The fourth-order valence-corrected chi connectivity index (χ4v) is 1.39. The minimum absolute atomic E-state index is 0.107. The van der Waals surface area contributed by atoms with Gasteiger partial charge in [-0.05, 0) is 30.9 Å². The van der Waals surface area contributed by atoms with E-state index in [-0.39, 0.29) is 11.9 Å². The number of benzene rings is 1. The van der Waals surface area contributed by atoms with Crippen molar-refractivity contribution in [2.45, 2.75) is 33.2 Å². The van der Waals surface area contributed by atoms with Gasteiger partial charge < -0.3 is 4.84 Å². The molecule has 1 aromatic rings. The highest BCUT2D eigenvalue weighted by atomic mass is 19.1. The second-order valence-corrected chi connectivity index (χ2v) is 4.52. The van der Waals surface area contributed by atoms with Gasteiger partial charge >= 0.3 is 0 Å². The normalized spacial score (nSPS) is 13.1. The van der Waals surface area contributed by atoms with Gasteiger partial charge in [0.25, 0.3) is 0 Å². The Labute approximate surface area is 96.8 Å². The first-order valence-electron chi connectivity index (χ1n) is 5.70. The Morgan fingerprint density at radius 3 is 2.56 bits per heavy atom. The van der Waals surface area contributed by atoms with Crippen molar-refractivity contribution < 1.29 is 9.23 Å². The summed E-state index contributed by atoms with van der Waals surface area (Å²) in [5.41, 5.74) is 3.64. The number of rotatable bonds is 6. The van der Waals surface area contributed by atoms with Crippen LogP contribution in [0.3, 0.4) is 0 Å². The maximum Gasteiger partial charge on any atom is 0.126 e. The van der Waals surface area contributed by atoms with Crippen LogP contribution in [-0.4, -0.2) is 12.6 Å². The molecule has 1 atom stereocenters. The molecule has 1 N–H and O–H groups in total. The Balaban J connectivity index is 2.34. The lowest BCUT2D eigenvalue weighted by molar-refractivity contribution is 0.00459. The van der Waals surface area contributed by atoms with Crippen molar-refractivity contribution in [3.8, 4) is 0 Å². The highest BCUT2D eigenvalue weighted by molar-refractivity contribution is 5.18. The molecular weight excluding hydrogens is 205 g/mol. The third kappa shape index (κ3) is 4.73. The van der Waals surface area contributed by atoms with Crippen LogP contribution in [0.1, 0.15) is 26.3 Å². The largest absolute Gasteiger partial charge is 0.301 e. The average molecular weight is 225 g/mol. The lowest BCUT2D eigenvalue weighted by atomic mass is 10.1. The lowest BCUT2D eigenvalue weighted by Crippen LogP contribution is -2.29. The summed E-state index contributed by atoms with van der Waals surface area (Å²) in [6, 6.07) is 6.94. The van der Waals surface area contributed by atoms with E-state index in [1.54, 1.807) is 12.1 Å². The Bertz CT molecular complexity index is 315. The van der Waals surface area contributed by atoms with Gasteiger partial charge in [0, 0.05) is 6.04 Å². The molecule has 0 bridgehead atoms. The Hall–Kier alpha value is -0.930. The van der Waals surface area contributed by atoms with Crippen molar-refractivity contribution in [2.24, 2.45) is 5.92 Å². The van der Waals surface area contributed by atoms with Crippen LogP contribution in [0.4, 0.5) is 4.39 Å². The predicted molar refractivity (Wildman–Crippen MR) is 63.5 cm³/mol. The predicted octanol–water partition coefficient (Wildman–Crippen LogP) is 2.93. The van der Waals surface area contributed by atoms with Crippen LogP contribution in [0.15, 0.2) is 24.3 Å². The Morgan fingerprint density at radius 2 is 1.94 bits per heavy atom. The quantitative estimate of drug-likeness (QED) is 0.752. The molecule has 2 nitrogen and oxygen atoms in total. The van der Waals surface area contributed by atoms with Gasteiger partial charge in [0.2, 0.25) is 0 Å². The highest BCUT2D eigenvalue weighted by Gasteiger charge is 2.07. The van der Waals surface area contributed by atoms with E-state index in [0.717, 1.165) is 5.56 Å². The summed E-state index contributed by atoms with van der Waals surface area (Å²) in [4.78, 5) is 5.30. The second-order valence-electron chi connectivity index (χ2n) is 4.52. The van der Waals surface area contributed by atoms with Crippen LogP contribution < -0.4 is 5.48 Å². The first kappa shape index (κ1) is 13.1. The molecule has 0 spiro atoms. The summed E-state index contributed by atoms with van der Waals surface area (Å²) < 4.78 is 13.3. The summed E-state index contributed by atoms with van der Waals surface area (Å²) in [7, 11) is 0. The Morgan fingerprint density at radius 1 is 1.25 bits per heavy atom. The van der Waals surface area contributed by atoms with Gasteiger partial charge in [0.15, 0.2) is 0 Å². The molecule has 0 heterocycles. The topological polar surface area (TPSA) is 21.3 Å². The third-order valence-electron chi connectivity index (χ3n) is 2.19. The monoisotopic (exact) mass is 225 g/mol. The molecule has 0 saturated heterocycles. The van der Waals surface area contributed by atoms with Gasteiger partial charge in [-0.2, -0.15) is 5.48 Å². The zero-order chi connectivity index (χ0) is 12.0. The summed E-state index contributed by atoms with van der Waals surface area (Å²) in [6.07, 6.45) is 0.630. The fraction of sp³-hybridized carbons (Fsp3) is 0.538. The smallest absolute Gasteiger partial charge is 0.126 e. The van der Waals surface area contributed by atoms with E-state index in [0.29, 0.717) is 18.9 Å². The van der Waals surface area contributed by atoms with Crippen LogP contribution in [0.5, 0.6) is 0 Å². The first-order chi connectivity index (χ1) is 7.59. The molecule has 0 aromatic heterocycles. The molecular formula is C13H20FNO. The van der Waals surface area contributed by atoms with Crippen molar-refractivity contribution in [1.29, 1.82) is 0 Å². The summed E-state index contributed by atoms with van der Waals surface area (Å²) in [5.74, 6) is 0.341. The molecule has 0 saturated carbocycles. The van der Waals surface area contributed by atoms with E-state index < -0.39 is 0 Å². The molecule has 0 amide bonds. The molecule has 90 valence electrons. The van der Waals surface area contributed by atoms with Gasteiger partial charge in [-0.25, -0.2) is 4.39 Å². The fourth-order valence-electron chi connectivity index (χ4n) is 1.39. The van der Waals surface area contributed by atoms with E-state index >= 15 is 0 Å². The number of nitrogens with one attached hydrogen (secondary N) is 1. The first-order valence-corrected chi connectivity index (χ1v) is 5.70. The minimum Gasteiger partial charge on any atom is -0.301 e. The molecule has 1 aromatic carbocycles. The molecule has 16 heavy (non-hydrogen) atoms. The maximum atomic E-state index is 13.3. The second kappa shape index (κ2) is 6.61. The molecule has 0 aliphatic carbocycles. The summed E-state index contributed by atoms with van der Waals surface area (Å²) in [6.45, 7) is 6.82. The summed E-state index contributed by atoms with van der Waals surface area (Å²) >= 11 is 0. The van der Waals surface area contributed by atoms with Crippen molar-refractivity contribution in [1.82, 2.24) is 5.48 Å². The van der Waals surface area contributed by atoms with Crippen molar-refractivity contribution in [3.05, 3.63) is 35.6 Å². The van der Waals surface area contributed by atoms with Gasteiger partial charge in [-0.3, -0.25) is 0 Å². The molecule has 0 aliphatic rings. The van der Waals surface area contributed by atoms with Crippen molar-refractivity contribution >= 4 is 0 Å². The number of hydrogen-bond acceptors (Lipinski definition) is 2. The van der Waals surface area contributed by atoms with Crippen LogP contribution in [0.2, 0.25) is 0 Å². The molecule has 1 rings (SSSR count). The van der Waals surface area contributed by atoms with E-state index in [2.05, 4.69) is 19.3 Å². The van der Waals surface area contributed by atoms with Gasteiger partial charge in [-0.15, -0.1) is 0 Å². The van der Waals surface area contributed by atoms with Crippen molar-refractivity contribution in [3.63, 3.8) is 0 Å². The number of hydroxylamine groups is 1. The zero-order valence-electron chi connectivity index (χ0n) is 10.2. The van der Waals surface area contributed by atoms with E-state index in [1.165, 1.54) is 6.07 Å². The van der Waals surface area contributed by atoms with Gasteiger partial charge in [0.05, 0.1) is 6.61 Å². The van der Waals surface area contributed by atoms with Crippen molar-refractivity contribution in [2.75, 3.05) is 6.61 Å². The van der Waals surface area contributed by atoms with Gasteiger partial charge in [-0.1, -0.05) is 32.0 Å². The average Bonchev–Trinajstić information content (AvgIpc) is 2.21. The zero-order valence-corrected chi connectivity index (χ0v) is 10.2. The molecule has 3 heteroatoms. The molecule has 0 aliphatic heterocycles. The summed E-state index contributed by atoms with van der Waals surface area (Å²) in [5, 5.41) is 0. The lowest BCUT2D eigenvalue weighted by Gasteiger charge is -2.15. The standard InChI is InChI=1S/C13H20FNO/c1-10(2)9-16-15-11(3)8-12-6-4-5-7-13(12)14/h4-7,10-11,15H,8-9H2,1-3H3. The highest BCUT2D eigenvalue weighted by Crippen LogP contribution is 2.08. The van der Waals surface area contributed by atoms with Crippen LogP contribution in [0.25, 0.3) is 0 Å². The van der Waals surface area contributed by atoms with E-state index in [1.807, 2.05) is 13.0 Å². The third-order valence-corrected chi connectivity index (χ3v) is 2.19. The van der Waals surface area contributed by atoms with Crippen LogP contribution in [-0.2, 0) is 11.3 Å². The van der Waals surface area contributed by atoms with Crippen LogP contribution in [0, 0.1) is 11.7 Å². The SMILES string of the molecule is CC(C)CONC(C)Cc1ccccc1F. The van der Waals surface area contributed by atoms with E-state index in [9.17, 15) is 4.39 Å². The molecule has 1 unspecified atom stereocenters. The molecule has 0 radical (unpaired) electrons. The van der Waals surface area contributed by atoms with E-state index in [4.69, 9.17) is 4.84 Å². The number of hydrogen-bond donors (Lipinski definition) is 1. The Kier molecular flexibility index (Phi) is 5.43. The van der Waals surface area contributed by atoms with Crippen LogP contribution >= 0.6 is 0 Å².